The highest BCUT2D eigenvalue weighted by Gasteiger charge is 2.28. The average molecular weight is 451 g/mol. The maximum Gasteiger partial charge on any atom is 0.271 e. The molecule has 0 bridgehead atoms. The van der Waals surface area contributed by atoms with Crippen molar-refractivity contribution in [2.45, 2.75) is 12.8 Å². The second kappa shape index (κ2) is 9.60. The fourth-order valence-electron chi connectivity index (χ4n) is 3.81. The molecule has 0 radical (unpaired) electrons. The van der Waals surface area contributed by atoms with Gasteiger partial charge in [-0.1, -0.05) is 0 Å². The average Bonchev–Trinajstić information content (AvgIpc) is 2.84. The number of piperidine rings is 1. The zero-order valence-corrected chi connectivity index (χ0v) is 17.9. The number of ether oxygens (including phenoxy) is 1. The highest BCUT2D eigenvalue weighted by Crippen LogP contribution is 2.30. The summed E-state index contributed by atoms with van der Waals surface area (Å²) in [6.07, 6.45) is 1.46. The Labute approximate surface area is 189 Å². The minimum Gasteiger partial charge on any atom is -0.495 e. The number of carbonyl (C=O) groups excluding carboxylic acids is 1. The molecule has 10 heteroatoms. The normalized spacial score (nSPS) is 15.7. The predicted molar refractivity (Wildman–Crippen MR) is 121 cm³/mol. The Hall–Kier alpha value is -4.08. The molecule has 1 unspecified atom stereocenters. The molecule has 1 aliphatic heterocycles. The van der Waals surface area contributed by atoms with Crippen molar-refractivity contribution >= 4 is 23.1 Å². The van der Waals surface area contributed by atoms with Crippen molar-refractivity contribution in [3.63, 3.8) is 0 Å². The molecule has 1 amide bonds. The van der Waals surface area contributed by atoms with Gasteiger partial charge in [-0.3, -0.25) is 14.9 Å². The number of nitrogens with one attached hydrogen (secondary N) is 1. The van der Waals surface area contributed by atoms with Gasteiger partial charge in [0.2, 0.25) is 5.91 Å². The lowest BCUT2D eigenvalue weighted by Crippen LogP contribution is -2.41. The van der Waals surface area contributed by atoms with Crippen molar-refractivity contribution in [2.24, 2.45) is 5.92 Å². The summed E-state index contributed by atoms with van der Waals surface area (Å²) in [6, 6.07) is 13.7. The number of amides is 1. The van der Waals surface area contributed by atoms with Gasteiger partial charge in [-0.2, -0.15) is 0 Å². The number of benzene rings is 2. The molecule has 0 spiro atoms. The standard InChI is InChI=1S/C23H22FN5O4/c1-33-21-10-8-18(29(31)32)13-20(21)25-23(30)16-3-2-12-28(14-16)22-11-9-19(26-27-22)15-4-6-17(24)7-5-15/h4-11,13,16H,2-3,12,14H2,1H3,(H,25,30). The third-order valence-electron chi connectivity index (χ3n) is 5.56. The molecular formula is C23H22FN5O4. The van der Waals surface area contributed by atoms with Gasteiger partial charge in [0, 0.05) is 30.8 Å². The van der Waals surface area contributed by atoms with E-state index >= 15 is 0 Å². The van der Waals surface area contributed by atoms with Crippen LogP contribution < -0.4 is 15.0 Å². The van der Waals surface area contributed by atoms with Gasteiger partial charge < -0.3 is 15.0 Å². The Morgan fingerprint density at radius 2 is 1.97 bits per heavy atom. The van der Waals surface area contributed by atoms with Gasteiger partial charge in [-0.25, -0.2) is 4.39 Å². The Kier molecular flexibility index (Phi) is 6.43. The first-order chi connectivity index (χ1) is 15.9. The molecule has 1 saturated heterocycles. The number of methoxy groups -OCH3 is 1. The number of hydrogen-bond donors (Lipinski definition) is 1. The van der Waals surface area contributed by atoms with Gasteiger partial charge in [0.1, 0.15) is 11.6 Å². The predicted octanol–water partition coefficient (Wildman–Crippen LogP) is 4.05. The summed E-state index contributed by atoms with van der Waals surface area (Å²) in [5.41, 5.74) is 1.52. The van der Waals surface area contributed by atoms with Crippen molar-refractivity contribution < 1.29 is 18.8 Å². The largest absolute Gasteiger partial charge is 0.495 e. The molecule has 2 heterocycles. The molecule has 2 aromatic carbocycles. The Balaban J connectivity index is 1.45. The summed E-state index contributed by atoms with van der Waals surface area (Å²) in [5, 5.41) is 22.4. The topological polar surface area (TPSA) is 110 Å². The van der Waals surface area contributed by atoms with Crippen molar-refractivity contribution in [1.29, 1.82) is 0 Å². The third kappa shape index (κ3) is 5.05. The molecule has 0 aliphatic carbocycles. The quantitative estimate of drug-likeness (QED) is 0.445. The molecule has 3 aromatic rings. The highest BCUT2D eigenvalue weighted by molar-refractivity contribution is 5.94. The van der Waals surface area contributed by atoms with Gasteiger partial charge in [-0.05, 0) is 55.3 Å². The second-order valence-corrected chi connectivity index (χ2v) is 7.70. The van der Waals surface area contributed by atoms with Crippen LogP contribution in [0, 0.1) is 21.8 Å². The number of hydrogen-bond acceptors (Lipinski definition) is 7. The van der Waals surface area contributed by atoms with Crippen LogP contribution >= 0.6 is 0 Å². The molecule has 0 saturated carbocycles. The molecule has 1 atom stereocenters. The number of rotatable bonds is 6. The maximum absolute atomic E-state index is 13.1. The van der Waals surface area contributed by atoms with Crippen molar-refractivity contribution in [1.82, 2.24) is 10.2 Å². The summed E-state index contributed by atoms with van der Waals surface area (Å²) in [4.78, 5) is 25.5. The van der Waals surface area contributed by atoms with Crippen LogP contribution in [0.2, 0.25) is 0 Å². The number of non-ortho nitro benzene ring substituents is 1. The fourth-order valence-corrected chi connectivity index (χ4v) is 3.81. The molecule has 33 heavy (non-hydrogen) atoms. The second-order valence-electron chi connectivity index (χ2n) is 7.70. The summed E-state index contributed by atoms with van der Waals surface area (Å²) in [6.45, 7) is 1.17. The Morgan fingerprint density at radius 1 is 1.18 bits per heavy atom. The van der Waals surface area contributed by atoms with Crippen LogP contribution in [0.25, 0.3) is 11.3 Å². The number of anilines is 2. The van der Waals surface area contributed by atoms with Crippen molar-refractivity contribution in [2.75, 3.05) is 30.4 Å². The third-order valence-corrected chi connectivity index (χ3v) is 5.56. The number of carbonyl (C=O) groups is 1. The lowest BCUT2D eigenvalue weighted by molar-refractivity contribution is -0.384. The van der Waals surface area contributed by atoms with E-state index in [-0.39, 0.29) is 29.0 Å². The van der Waals surface area contributed by atoms with Crippen LogP contribution in [-0.2, 0) is 4.79 Å². The van der Waals surface area contributed by atoms with E-state index in [9.17, 15) is 19.3 Å². The highest BCUT2D eigenvalue weighted by atomic mass is 19.1. The number of halogens is 1. The molecule has 1 aromatic heterocycles. The molecule has 1 fully saturated rings. The summed E-state index contributed by atoms with van der Waals surface area (Å²) in [7, 11) is 1.44. The molecule has 1 aliphatic rings. The van der Waals surface area contributed by atoms with Crippen LogP contribution in [0.5, 0.6) is 5.75 Å². The van der Waals surface area contributed by atoms with E-state index < -0.39 is 4.92 Å². The van der Waals surface area contributed by atoms with Crippen LogP contribution in [0.15, 0.2) is 54.6 Å². The number of nitro groups is 1. The van der Waals surface area contributed by atoms with E-state index in [1.165, 1.54) is 37.4 Å². The van der Waals surface area contributed by atoms with E-state index in [1.54, 1.807) is 12.1 Å². The summed E-state index contributed by atoms with van der Waals surface area (Å²) in [5.74, 6) is 0.106. The Morgan fingerprint density at radius 3 is 2.64 bits per heavy atom. The minimum absolute atomic E-state index is 0.132. The number of nitrogens with zero attached hydrogens (tertiary/aromatic N) is 4. The van der Waals surface area contributed by atoms with E-state index in [2.05, 4.69) is 15.5 Å². The van der Waals surface area contributed by atoms with E-state index in [1.807, 2.05) is 17.0 Å². The lowest BCUT2D eigenvalue weighted by atomic mass is 9.97. The van der Waals surface area contributed by atoms with Gasteiger partial charge >= 0.3 is 0 Å². The van der Waals surface area contributed by atoms with Crippen LogP contribution in [0.3, 0.4) is 0 Å². The molecule has 170 valence electrons. The van der Waals surface area contributed by atoms with E-state index in [4.69, 9.17) is 4.74 Å². The van der Waals surface area contributed by atoms with E-state index in [0.717, 1.165) is 18.5 Å². The first kappa shape index (κ1) is 22.1. The van der Waals surface area contributed by atoms with Crippen LogP contribution in [0.4, 0.5) is 21.6 Å². The van der Waals surface area contributed by atoms with Crippen LogP contribution in [-0.4, -0.2) is 41.2 Å². The SMILES string of the molecule is COc1ccc([N+](=O)[O-])cc1NC(=O)C1CCCN(c2ccc(-c3ccc(F)cc3)nn2)C1. The summed E-state index contributed by atoms with van der Waals surface area (Å²) >= 11 is 0. The lowest BCUT2D eigenvalue weighted by Gasteiger charge is -2.32. The molecule has 1 N–H and O–H groups in total. The Bertz CT molecular complexity index is 1150. The maximum atomic E-state index is 13.1. The molecular weight excluding hydrogens is 429 g/mol. The van der Waals surface area contributed by atoms with Crippen molar-refractivity contribution in [3.05, 3.63) is 70.5 Å². The first-order valence-corrected chi connectivity index (χ1v) is 10.4. The first-order valence-electron chi connectivity index (χ1n) is 10.4. The van der Waals surface area contributed by atoms with E-state index in [0.29, 0.717) is 30.2 Å². The van der Waals surface area contributed by atoms with Crippen LogP contribution in [0.1, 0.15) is 12.8 Å². The van der Waals surface area contributed by atoms with Gasteiger partial charge in [-0.15, -0.1) is 10.2 Å². The molecule has 9 nitrogen and oxygen atoms in total. The smallest absolute Gasteiger partial charge is 0.271 e. The zero-order valence-electron chi connectivity index (χ0n) is 17.9. The fraction of sp³-hybridized carbons (Fsp3) is 0.261. The van der Waals surface area contributed by atoms with Crippen molar-refractivity contribution in [3.8, 4) is 17.0 Å². The van der Waals surface area contributed by atoms with Gasteiger partial charge in [0.05, 0.1) is 29.3 Å². The molecule has 4 rings (SSSR count). The van der Waals surface area contributed by atoms with Gasteiger partial charge in [0.15, 0.2) is 5.82 Å². The zero-order chi connectivity index (χ0) is 23.4. The van der Waals surface area contributed by atoms with Gasteiger partial charge in [0.25, 0.3) is 5.69 Å². The minimum atomic E-state index is -0.522. The number of nitro benzene ring substituents is 1. The monoisotopic (exact) mass is 451 g/mol. The summed E-state index contributed by atoms with van der Waals surface area (Å²) < 4.78 is 18.4. The number of aromatic nitrogens is 2.